The number of carbonyl (C=O) groups is 1. The average Bonchev–Trinajstić information content (AvgIpc) is 3.17. The van der Waals surface area contributed by atoms with Crippen LogP contribution in [0, 0.1) is 0 Å². The molecule has 1 aromatic carbocycles. The number of ether oxygens (including phenoxy) is 2. The second-order valence-electron chi connectivity index (χ2n) is 7.67. The Kier molecular flexibility index (Phi) is 5.80. The van der Waals surface area contributed by atoms with Crippen LogP contribution >= 0.6 is 0 Å². The number of rotatable bonds is 5. The molecule has 0 radical (unpaired) electrons. The van der Waals surface area contributed by atoms with E-state index in [1.807, 2.05) is 11.0 Å². The maximum atomic E-state index is 12.2. The van der Waals surface area contributed by atoms with Gasteiger partial charge in [0.05, 0.1) is 0 Å². The molecule has 7 nitrogen and oxygen atoms in total. The first kappa shape index (κ1) is 18.5. The lowest BCUT2D eigenvalue weighted by molar-refractivity contribution is -0.133. The maximum Gasteiger partial charge on any atom is 0.231 e. The van der Waals surface area contributed by atoms with Gasteiger partial charge in [-0.1, -0.05) is 6.07 Å². The first-order valence-corrected chi connectivity index (χ1v) is 10.1. The quantitative estimate of drug-likeness (QED) is 0.825. The molecule has 0 saturated carbocycles. The minimum Gasteiger partial charge on any atom is -0.454 e. The lowest BCUT2D eigenvalue weighted by Crippen LogP contribution is -2.55. The smallest absolute Gasteiger partial charge is 0.231 e. The zero-order valence-electron chi connectivity index (χ0n) is 15.9. The molecule has 3 aliphatic heterocycles. The van der Waals surface area contributed by atoms with E-state index in [1.165, 1.54) is 12.0 Å². The highest BCUT2D eigenvalue weighted by Crippen LogP contribution is 2.33. The Bertz CT molecular complexity index is 661. The van der Waals surface area contributed by atoms with Crippen molar-refractivity contribution in [3.8, 4) is 11.5 Å². The molecule has 1 atom stereocenters. The lowest BCUT2D eigenvalue weighted by Gasteiger charge is -2.43. The summed E-state index contributed by atoms with van der Waals surface area (Å²) >= 11 is 0. The van der Waals surface area contributed by atoms with E-state index in [9.17, 15) is 4.79 Å². The van der Waals surface area contributed by atoms with Crippen LogP contribution in [0.4, 0.5) is 0 Å². The summed E-state index contributed by atoms with van der Waals surface area (Å²) in [7, 11) is 0. The summed E-state index contributed by atoms with van der Waals surface area (Å²) in [5.74, 6) is 1.91. The molecule has 0 aliphatic carbocycles. The fourth-order valence-corrected chi connectivity index (χ4v) is 4.34. The standard InChI is InChI=1S/C20H30N4O3/c21-6-5-20(25)24-7-1-2-17(14-24)23-10-8-22(9-11-23)13-16-3-4-18-19(12-16)27-15-26-18/h3-4,12,17H,1-2,5-11,13-15,21H2. The predicted molar refractivity (Wildman–Crippen MR) is 103 cm³/mol. The molecule has 1 amide bonds. The molecule has 4 rings (SSSR count). The highest BCUT2D eigenvalue weighted by Gasteiger charge is 2.29. The van der Waals surface area contributed by atoms with Crippen LogP contribution in [0.1, 0.15) is 24.8 Å². The van der Waals surface area contributed by atoms with Crippen LogP contribution in [0.5, 0.6) is 11.5 Å². The Morgan fingerprint density at radius 1 is 1.11 bits per heavy atom. The Morgan fingerprint density at radius 3 is 2.74 bits per heavy atom. The van der Waals surface area contributed by atoms with Gasteiger partial charge >= 0.3 is 0 Å². The third kappa shape index (κ3) is 4.36. The highest BCUT2D eigenvalue weighted by molar-refractivity contribution is 5.76. The van der Waals surface area contributed by atoms with Crippen molar-refractivity contribution in [3.63, 3.8) is 0 Å². The monoisotopic (exact) mass is 374 g/mol. The van der Waals surface area contributed by atoms with Gasteiger partial charge in [0, 0.05) is 64.8 Å². The van der Waals surface area contributed by atoms with E-state index in [0.29, 0.717) is 25.8 Å². The number of carbonyl (C=O) groups excluding carboxylic acids is 1. The third-order valence-corrected chi connectivity index (χ3v) is 5.87. The van der Waals surface area contributed by atoms with Gasteiger partial charge in [-0.3, -0.25) is 14.6 Å². The molecule has 0 spiro atoms. The van der Waals surface area contributed by atoms with E-state index >= 15 is 0 Å². The lowest BCUT2D eigenvalue weighted by atomic mass is 10.0. The van der Waals surface area contributed by atoms with E-state index in [4.69, 9.17) is 15.2 Å². The van der Waals surface area contributed by atoms with Crippen molar-refractivity contribution in [1.29, 1.82) is 0 Å². The molecule has 27 heavy (non-hydrogen) atoms. The van der Waals surface area contributed by atoms with Gasteiger partial charge < -0.3 is 20.1 Å². The average molecular weight is 374 g/mol. The highest BCUT2D eigenvalue weighted by atomic mass is 16.7. The second-order valence-corrected chi connectivity index (χ2v) is 7.67. The normalized spacial score (nSPS) is 23.6. The van der Waals surface area contributed by atoms with Crippen molar-refractivity contribution in [2.24, 2.45) is 5.73 Å². The Hall–Kier alpha value is -1.83. The summed E-state index contributed by atoms with van der Waals surface area (Å²) < 4.78 is 10.9. The van der Waals surface area contributed by atoms with Crippen LogP contribution < -0.4 is 15.2 Å². The van der Waals surface area contributed by atoms with Crippen molar-refractivity contribution >= 4 is 5.91 Å². The largest absolute Gasteiger partial charge is 0.454 e. The number of hydrogen-bond donors (Lipinski definition) is 1. The summed E-state index contributed by atoms with van der Waals surface area (Å²) in [6, 6.07) is 6.72. The van der Waals surface area contributed by atoms with Crippen LogP contribution in [0.3, 0.4) is 0 Å². The molecule has 2 saturated heterocycles. The van der Waals surface area contributed by atoms with Gasteiger partial charge in [0.25, 0.3) is 0 Å². The molecule has 2 fully saturated rings. The summed E-state index contributed by atoms with van der Waals surface area (Å²) in [5, 5.41) is 0. The molecule has 7 heteroatoms. The van der Waals surface area contributed by atoms with Crippen molar-refractivity contribution in [2.75, 3.05) is 52.6 Å². The SMILES string of the molecule is NCCC(=O)N1CCCC(N2CCN(Cc3ccc4c(c3)OCO4)CC2)C1. The van der Waals surface area contributed by atoms with Crippen LogP contribution in [0.15, 0.2) is 18.2 Å². The number of likely N-dealkylation sites (tertiary alicyclic amines) is 1. The molecular weight excluding hydrogens is 344 g/mol. The van der Waals surface area contributed by atoms with Gasteiger partial charge in [0.15, 0.2) is 11.5 Å². The molecule has 0 aromatic heterocycles. The van der Waals surface area contributed by atoms with Gasteiger partial charge in [-0.15, -0.1) is 0 Å². The first-order valence-electron chi connectivity index (χ1n) is 10.1. The van der Waals surface area contributed by atoms with E-state index in [1.54, 1.807) is 0 Å². The van der Waals surface area contributed by atoms with Gasteiger partial charge in [0.2, 0.25) is 12.7 Å². The van der Waals surface area contributed by atoms with Crippen molar-refractivity contribution < 1.29 is 14.3 Å². The molecule has 3 aliphatic rings. The van der Waals surface area contributed by atoms with Gasteiger partial charge in [-0.05, 0) is 30.5 Å². The second kappa shape index (κ2) is 8.46. The summed E-state index contributed by atoms with van der Waals surface area (Å²) in [6.45, 7) is 7.70. The fourth-order valence-electron chi connectivity index (χ4n) is 4.34. The third-order valence-electron chi connectivity index (χ3n) is 5.87. The van der Waals surface area contributed by atoms with Crippen molar-refractivity contribution in [2.45, 2.75) is 31.8 Å². The van der Waals surface area contributed by atoms with Crippen molar-refractivity contribution in [1.82, 2.24) is 14.7 Å². The number of nitrogens with two attached hydrogens (primary N) is 1. The number of hydrogen-bond acceptors (Lipinski definition) is 6. The molecule has 1 unspecified atom stereocenters. The molecule has 0 bridgehead atoms. The van der Waals surface area contributed by atoms with Crippen LogP contribution in [0.25, 0.3) is 0 Å². The maximum absolute atomic E-state index is 12.2. The zero-order valence-corrected chi connectivity index (χ0v) is 15.9. The summed E-state index contributed by atoms with van der Waals surface area (Å²) in [4.78, 5) is 19.2. The molecule has 3 heterocycles. The number of fused-ring (bicyclic) bond motifs is 1. The molecule has 1 aromatic rings. The Labute approximate surface area is 161 Å². The van der Waals surface area contributed by atoms with Crippen LogP contribution in [-0.2, 0) is 11.3 Å². The zero-order chi connectivity index (χ0) is 18.6. The van der Waals surface area contributed by atoms with Gasteiger partial charge in [-0.25, -0.2) is 0 Å². The predicted octanol–water partition coefficient (Wildman–Crippen LogP) is 0.873. The first-order chi connectivity index (χ1) is 13.2. The number of piperazine rings is 1. The van der Waals surface area contributed by atoms with E-state index in [0.717, 1.165) is 63.7 Å². The van der Waals surface area contributed by atoms with E-state index in [2.05, 4.69) is 21.9 Å². The number of amides is 1. The minimum atomic E-state index is 0.212. The van der Waals surface area contributed by atoms with Gasteiger partial charge in [0.1, 0.15) is 0 Å². The molecule has 2 N–H and O–H groups in total. The van der Waals surface area contributed by atoms with E-state index < -0.39 is 0 Å². The molecule has 148 valence electrons. The molecular formula is C20H30N4O3. The fraction of sp³-hybridized carbons (Fsp3) is 0.650. The minimum absolute atomic E-state index is 0.212. The Morgan fingerprint density at radius 2 is 1.93 bits per heavy atom. The topological polar surface area (TPSA) is 71.3 Å². The van der Waals surface area contributed by atoms with Crippen LogP contribution in [0.2, 0.25) is 0 Å². The number of benzene rings is 1. The van der Waals surface area contributed by atoms with Gasteiger partial charge in [-0.2, -0.15) is 0 Å². The summed E-state index contributed by atoms with van der Waals surface area (Å²) in [5.41, 5.74) is 6.81. The number of piperidine rings is 1. The van der Waals surface area contributed by atoms with Crippen molar-refractivity contribution in [3.05, 3.63) is 23.8 Å². The van der Waals surface area contributed by atoms with E-state index in [-0.39, 0.29) is 5.91 Å². The summed E-state index contributed by atoms with van der Waals surface area (Å²) in [6.07, 6.45) is 2.75. The number of nitrogens with zero attached hydrogens (tertiary/aromatic N) is 3. The Balaban J connectivity index is 1.27. The van der Waals surface area contributed by atoms with Crippen LogP contribution in [-0.4, -0.2) is 79.3 Å².